The number of hydrogen-bond donors (Lipinski definition) is 1. The first-order valence-corrected chi connectivity index (χ1v) is 14.2. The van der Waals surface area contributed by atoms with Gasteiger partial charge < -0.3 is 14.8 Å². The number of carbonyl (C=O) groups excluding carboxylic acids is 3. The monoisotopic (exact) mass is 536 g/mol. The van der Waals surface area contributed by atoms with Gasteiger partial charge in [0.1, 0.15) is 9.88 Å². The van der Waals surface area contributed by atoms with Crippen molar-refractivity contribution in [3.8, 4) is 0 Å². The molecule has 1 fully saturated rings. The molecule has 0 saturated carbocycles. The van der Waals surface area contributed by atoms with E-state index >= 15 is 0 Å². The summed E-state index contributed by atoms with van der Waals surface area (Å²) in [4.78, 5) is 38.2. The molecular weight excluding hydrogens is 504 g/mol. The minimum absolute atomic E-state index is 0.0756. The number of ether oxygens (including phenoxy) is 2. The molecule has 1 N–H and O–H groups in total. The van der Waals surface area contributed by atoms with Crippen molar-refractivity contribution >= 4 is 44.1 Å². The van der Waals surface area contributed by atoms with Crippen LogP contribution < -0.4 is 5.32 Å². The molecular formula is C25H32N2O7S2. The van der Waals surface area contributed by atoms with E-state index in [0.717, 1.165) is 24.2 Å². The molecule has 11 heteroatoms. The van der Waals surface area contributed by atoms with Gasteiger partial charge in [0, 0.05) is 18.7 Å². The van der Waals surface area contributed by atoms with Crippen LogP contribution in [0.1, 0.15) is 69.6 Å². The Labute approximate surface area is 215 Å². The van der Waals surface area contributed by atoms with Crippen molar-refractivity contribution in [1.82, 2.24) is 4.31 Å². The topological polar surface area (TPSA) is 119 Å². The number of hydrogen-bond acceptors (Lipinski definition) is 9. The third-order valence-electron chi connectivity index (χ3n) is 6.03. The van der Waals surface area contributed by atoms with Crippen LogP contribution in [0.5, 0.6) is 0 Å². The standard InChI is InChI=1S/C25H32N2O7S2/c1-5-33-24(29)21-17(4)22(25(30)34-6-2)35-23(21)26-15-20(28)18-8-7-9-19(14-18)36(31,32)27-12-10-16(3)11-13-27/h7-9,14,16,26H,5-6,10-13,15H2,1-4H3. The summed E-state index contributed by atoms with van der Waals surface area (Å²) < 4.78 is 37.9. The van der Waals surface area contributed by atoms with Crippen molar-refractivity contribution in [2.45, 2.75) is 45.4 Å². The molecule has 3 rings (SSSR count). The zero-order valence-electron chi connectivity index (χ0n) is 21.0. The van der Waals surface area contributed by atoms with Crippen LogP contribution in [0.15, 0.2) is 29.2 Å². The number of thiophene rings is 1. The van der Waals surface area contributed by atoms with Gasteiger partial charge in [-0.15, -0.1) is 11.3 Å². The minimum atomic E-state index is -3.70. The summed E-state index contributed by atoms with van der Waals surface area (Å²) in [7, 11) is -3.70. The Balaban J connectivity index is 1.80. The fraction of sp³-hybridized carbons (Fsp3) is 0.480. The predicted molar refractivity (Wildman–Crippen MR) is 137 cm³/mol. The largest absolute Gasteiger partial charge is 0.462 e. The highest BCUT2D eigenvalue weighted by Crippen LogP contribution is 2.34. The van der Waals surface area contributed by atoms with Gasteiger partial charge in [0.05, 0.1) is 30.2 Å². The van der Waals surface area contributed by atoms with Crippen molar-refractivity contribution in [1.29, 1.82) is 0 Å². The van der Waals surface area contributed by atoms with Crippen LogP contribution in [0.3, 0.4) is 0 Å². The van der Waals surface area contributed by atoms with Gasteiger partial charge in [-0.25, -0.2) is 18.0 Å². The number of rotatable bonds is 10. The molecule has 0 spiro atoms. The van der Waals surface area contributed by atoms with Crippen molar-refractivity contribution in [3.05, 3.63) is 45.8 Å². The van der Waals surface area contributed by atoms with E-state index in [1.807, 2.05) is 0 Å². The quantitative estimate of drug-likeness (QED) is 0.356. The SMILES string of the molecule is CCOC(=O)c1sc(NCC(=O)c2cccc(S(=O)(=O)N3CCC(C)CC3)c2)c(C(=O)OCC)c1C. The lowest BCUT2D eigenvalue weighted by molar-refractivity contribution is 0.0527. The van der Waals surface area contributed by atoms with E-state index in [0.29, 0.717) is 29.6 Å². The van der Waals surface area contributed by atoms with Gasteiger partial charge in [0.25, 0.3) is 0 Å². The number of carbonyl (C=O) groups is 3. The second kappa shape index (κ2) is 12.0. The van der Waals surface area contributed by atoms with Crippen LogP contribution in [0.25, 0.3) is 0 Å². The highest BCUT2D eigenvalue weighted by molar-refractivity contribution is 7.89. The van der Waals surface area contributed by atoms with Gasteiger partial charge in [-0.2, -0.15) is 4.31 Å². The molecule has 0 atom stereocenters. The minimum Gasteiger partial charge on any atom is -0.462 e. The van der Waals surface area contributed by atoms with Crippen molar-refractivity contribution < 1.29 is 32.3 Å². The number of benzene rings is 1. The Morgan fingerprint density at radius 2 is 1.72 bits per heavy atom. The predicted octanol–water partition coefficient (Wildman–Crippen LogP) is 4.13. The van der Waals surface area contributed by atoms with E-state index in [9.17, 15) is 22.8 Å². The van der Waals surface area contributed by atoms with E-state index in [1.54, 1.807) is 32.9 Å². The lowest BCUT2D eigenvalue weighted by atomic mass is 10.0. The molecule has 1 aliphatic rings. The van der Waals surface area contributed by atoms with E-state index in [4.69, 9.17) is 9.47 Å². The Morgan fingerprint density at radius 1 is 1.08 bits per heavy atom. The molecule has 1 aliphatic heterocycles. The Bertz CT molecular complexity index is 1230. The van der Waals surface area contributed by atoms with Gasteiger partial charge in [0.2, 0.25) is 10.0 Å². The maximum atomic E-state index is 13.1. The summed E-state index contributed by atoms with van der Waals surface area (Å²) in [5.74, 6) is -1.05. The highest BCUT2D eigenvalue weighted by atomic mass is 32.2. The summed E-state index contributed by atoms with van der Waals surface area (Å²) in [5, 5.41) is 3.25. The number of esters is 2. The second-order valence-electron chi connectivity index (χ2n) is 8.59. The molecule has 2 heterocycles. The molecule has 2 aromatic rings. The number of nitrogens with one attached hydrogen (secondary N) is 1. The fourth-order valence-electron chi connectivity index (χ4n) is 3.95. The summed E-state index contributed by atoms with van der Waals surface area (Å²) in [6.45, 7) is 8.13. The molecule has 1 saturated heterocycles. The Kier molecular flexibility index (Phi) is 9.26. The number of anilines is 1. The molecule has 9 nitrogen and oxygen atoms in total. The van der Waals surface area contributed by atoms with Crippen LogP contribution in [0.2, 0.25) is 0 Å². The van der Waals surface area contributed by atoms with Crippen LogP contribution in [-0.2, 0) is 19.5 Å². The normalized spacial score (nSPS) is 14.9. The zero-order valence-corrected chi connectivity index (χ0v) is 22.6. The van der Waals surface area contributed by atoms with E-state index in [-0.39, 0.29) is 46.4 Å². The van der Waals surface area contributed by atoms with Gasteiger partial charge in [-0.1, -0.05) is 19.1 Å². The van der Waals surface area contributed by atoms with Crippen LogP contribution in [-0.4, -0.2) is 63.3 Å². The number of ketones is 1. The summed E-state index contributed by atoms with van der Waals surface area (Å²) in [5.41, 5.74) is 0.815. The molecule has 0 unspecified atom stereocenters. The zero-order chi connectivity index (χ0) is 26.5. The maximum absolute atomic E-state index is 13.1. The molecule has 0 aliphatic carbocycles. The molecule has 0 amide bonds. The van der Waals surface area contributed by atoms with Crippen molar-refractivity contribution in [3.63, 3.8) is 0 Å². The lowest BCUT2D eigenvalue weighted by Crippen LogP contribution is -2.37. The molecule has 36 heavy (non-hydrogen) atoms. The van der Waals surface area contributed by atoms with Crippen molar-refractivity contribution in [2.24, 2.45) is 5.92 Å². The number of Topliss-reactive ketones (excluding diaryl/α,β-unsaturated/α-hetero) is 1. The second-order valence-corrected chi connectivity index (χ2v) is 11.6. The first kappa shape index (κ1) is 27.8. The van der Waals surface area contributed by atoms with Crippen LogP contribution >= 0.6 is 11.3 Å². The molecule has 0 radical (unpaired) electrons. The third-order valence-corrected chi connectivity index (χ3v) is 9.16. The van der Waals surface area contributed by atoms with Crippen LogP contribution in [0.4, 0.5) is 5.00 Å². The first-order valence-electron chi connectivity index (χ1n) is 11.9. The molecule has 1 aromatic carbocycles. The number of sulfonamides is 1. The first-order chi connectivity index (χ1) is 17.1. The molecule has 196 valence electrons. The molecule has 1 aromatic heterocycles. The van der Waals surface area contributed by atoms with Gasteiger partial charge >= 0.3 is 11.9 Å². The maximum Gasteiger partial charge on any atom is 0.348 e. The van der Waals surface area contributed by atoms with E-state index < -0.39 is 22.0 Å². The van der Waals surface area contributed by atoms with Gasteiger partial charge in [0.15, 0.2) is 5.78 Å². The number of piperidine rings is 1. The van der Waals surface area contributed by atoms with Crippen LogP contribution in [0, 0.1) is 12.8 Å². The highest BCUT2D eigenvalue weighted by Gasteiger charge is 2.29. The van der Waals surface area contributed by atoms with E-state index in [2.05, 4.69) is 12.2 Å². The average Bonchev–Trinajstić information content (AvgIpc) is 3.19. The smallest absolute Gasteiger partial charge is 0.348 e. The Hall–Kier alpha value is -2.76. The number of nitrogens with zero attached hydrogens (tertiary/aromatic N) is 1. The molecule has 0 bridgehead atoms. The summed E-state index contributed by atoms with van der Waals surface area (Å²) >= 11 is 1.01. The lowest BCUT2D eigenvalue weighted by Gasteiger charge is -2.29. The third kappa shape index (κ3) is 6.13. The average molecular weight is 537 g/mol. The fourth-order valence-corrected chi connectivity index (χ4v) is 6.55. The van der Waals surface area contributed by atoms with Gasteiger partial charge in [-0.05, 0) is 57.2 Å². The summed E-state index contributed by atoms with van der Waals surface area (Å²) in [6, 6.07) is 5.97. The van der Waals surface area contributed by atoms with Crippen molar-refractivity contribution in [2.75, 3.05) is 38.2 Å². The van der Waals surface area contributed by atoms with Gasteiger partial charge in [-0.3, -0.25) is 4.79 Å². The van der Waals surface area contributed by atoms with E-state index in [1.165, 1.54) is 16.4 Å². The Morgan fingerprint density at radius 3 is 2.36 bits per heavy atom. The summed E-state index contributed by atoms with van der Waals surface area (Å²) in [6.07, 6.45) is 1.61.